The van der Waals surface area contributed by atoms with Crippen LogP contribution in [0.25, 0.3) is 0 Å². The Balaban J connectivity index is 2.06. The molecule has 78 valence electrons. The maximum Gasteiger partial charge on any atom is 0.151 e. The van der Waals surface area contributed by atoms with E-state index in [-0.39, 0.29) is 6.04 Å². The smallest absolute Gasteiger partial charge is 0.151 e. The lowest BCUT2D eigenvalue weighted by molar-refractivity contribution is 0.797. The van der Waals surface area contributed by atoms with E-state index in [1.54, 1.807) is 24.5 Å². The van der Waals surface area contributed by atoms with Crippen molar-refractivity contribution in [2.24, 2.45) is 0 Å². The summed E-state index contributed by atoms with van der Waals surface area (Å²) in [6.07, 6.45) is 3.49. The van der Waals surface area contributed by atoms with E-state index in [0.717, 1.165) is 5.82 Å². The molecule has 0 aliphatic carbocycles. The molecule has 0 aliphatic rings. The van der Waals surface area contributed by atoms with Crippen molar-refractivity contribution >= 4 is 17.4 Å². The highest BCUT2D eigenvalue weighted by Gasteiger charge is 2.07. The van der Waals surface area contributed by atoms with Crippen LogP contribution in [-0.4, -0.2) is 20.2 Å². The van der Waals surface area contributed by atoms with Gasteiger partial charge in [0.2, 0.25) is 0 Å². The molecule has 2 rings (SSSR count). The van der Waals surface area contributed by atoms with E-state index >= 15 is 0 Å². The molecule has 0 bridgehead atoms. The van der Waals surface area contributed by atoms with E-state index in [9.17, 15) is 0 Å². The molecule has 1 unspecified atom stereocenters. The molecule has 5 nitrogen and oxygen atoms in total. The lowest BCUT2D eigenvalue weighted by Gasteiger charge is -2.10. The number of aromatic amines is 1. The summed E-state index contributed by atoms with van der Waals surface area (Å²) in [6, 6.07) is 3.51. The number of nitrogens with one attached hydrogen (secondary N) is 2. The second-order valence-electron chi connectivity index (χ2n) is 3.08. The van der Waals surface area contributed by atoms with Gasteiger partial charge in [-0.15, -0.1) is 10.2 Å². The number of anilines is 1. The maximum atomic E-state index is 5.63. The van der Waals surface area contributed by atoms with Crippen molar-refractivity contribution < 1.29 is 0 Å². The fourth-order valence-corrected chi connectivity index (χ4v) is 1.30. The van der Waals surface area contributed by atoms with E-state index in [4.69, 9.17) is 11.6 Å². The van der Waals surface area contributed by atoms with Crippen molar-refractivity contribution in [3.63, 3.8) is 0 Å². The summed E-state index contributed by atoms with van der Waals surface area (Å²) in [5.41, 5.74) is 0. The van der Waals surface area contributed by atoms with Gasteiger partial charge in [0.05, 0.1) is 6.04 Å². The number of imidazole rings is 1. The number of aromatic nitrogens is 4. The average Bonchev–Trinajstić information content (AvgIpc) is 2.74. The quantitative estimate of drug-likeness (QED) is 0.836. The predicted molar refractivity (Wildman–Crippen MR) is 57.7 cm³/mol. The zero-order chi connectivity index (χ0) is 10.7. The third kappa shape index (κ3) is 2.44. The van der Waals surface area contributed by atoms with Crippen LogP contribution in [0.1, 0.15) is 18.8 Å². The Morgan fingerprint density at radius 1 is 1.40 bits per heavy atom. The molecule has 2 aromatic heterocycles. The molecule has 0 saturated carbocycles. The number of nitrogens with zero attached hydrogens (tertiary/aromatic N) is 3. The molecule has 1 atom stereocenters. The van der Waals surface area contributed by atoms with Crippen molar-refractivity contribution in [2.75, 3.05) is 5.32 Å². The second kappa shape index (κ2) is 4.27. The monoisotopic (exact) mass is 223 g/mol. The van der Waals surface area contributed by atoms with E-state index in [1.165, 1.54) is 0 Å². The summed E-state index contributed by atoms with van der Waals surface area (Å²) in [5.74, 6) is 1.52. The van der Waals surface area contributed by atoms with E-state index in [2.05, 4.69) is 25.5 Å². The average molecular weight is 224 g/mol. The van der Waals surface area contributed by atoms with E-state index in [1.807, 2.05) is 6.92 Å². The van der Waals surface area contributed by atoms with Gasteiger partial charge in [-0.05, 0) is 19.1 Å². The standard InChI is InChI=1S/C9H10ClN5/c1-6(9-11-4-5-12-9)13-8-3-2-7(10)14-15-8/h2-6H,1H3,(H,11,12)(H,13,15). The molecule has 2 N–H and O–H groups in total. The Morgan fingerprint density at radius 2 is 2.27 bits per heavy atom. The van der Waals surface area contributed by atoms with Crippen molar-refractivity contribution in [1.82, 2.24) is 20.2 Å². The molecule has 0 saturated heterocycles. The first-order valence-corrected chi connectivity index (χ1v) is 4.88. The van der Waals surface area contributed by atoms with Gasteiger partial charge in [-0.2, -0.15) is 0 Å². The summed E-state index contributed by atoms with van der Waals surface area (Å²) in [6.45, 7) is 1.98. The molecular formula is C9H10ClN5. The normalized spacial score (nSPS) is 12.4. The van der Waals surface area contributed by atoms with Gasteiger partial charge in [-0.25, -0.2) is 4.98 Å². The van der Waals surface area contributed by atoms with Crippen molar-refractivity contribution in [2.45, 2.75) is 13.0 Å². The molecule has 0 fully saturated rings. The summed E-state index contributed by atoms with van der Waals surface area (Å²) in [4.78, 5) is 7.16. The Morgan fingerprint density at radius 3 is 2.87 bits per heavy atom. The molecule has 0 amide bonds. The fourth-order valence-electron chi connectivity index (χ4n) is 1.20. The van der Waals surface area contributed by atoms with E-state index < -0.39 is 0 Å². The Hall–Kier alpha value is -1.62. The zero-order valence-corrected chi connectivity index (χ0v) is 8.86. The van der Waals surface area contributed by atoms with Crippen LogP contribution in [0.5, 0.6) is 0 Å². The topological polar surface area (TPSA) is 66.5 Å². The minimum Gasteiger partial charge on any atom is -0.359 e. The summed E-state index contributed by atoms with van der Waals surface area (Å²) >= 11 is 5.63. The zero-order valence-electron chi connectivity index (χ0n) is 8.11. The minimum atomic E-state index is 0.0514. The van der Waals surface area contributed by atoms with Crippen LogP contribution in [-0.2, 0) is 0 Å². The van der Waals surface area contributed by atoms with Gasteiger partial charge < -0.3 is 10.3 Å². The molecule has 15 heavy (non-hydrogen) atoms. The van der Waals surface area contributed by atoms with Crippen LogP contribution in [0.3, 0.4) is 0 Å². The molecular weight excluding hydrogens is 214 g/mol. The van der Waals surface area contributed by atoms with Crippen molar-refractivity contribution in [3.05, 3.63) is 35.5 Å². The van der Waals surface area contributed by atoms with Gasteiger partial charge in [0, 0.05) is 12.4 Å². The van der Waals surface area contributed by atoms with Gasteiger partial charge in [-0.1, -0.05) is 11.6 Å². The third-order valence-electron chi connectivity index (χ3n) is 1.93. The minimum absolute atomic E-state index is 0.0514. The second-order valence-corrected chi connectivity index (χ2v) is 3.47. The van der Waals surface area contributed by atoms with Gasteiger partial charge in [-0.3, -0.25) is 0 Å². The Kier molecular flexibility index (Phi) is 2.82. The van der Waals surface area contributed by atoms with Gasteiger partial charge in [0.15, 0.2) is 5.15 Å². The number of hydrogen-bond donors (Lipinski definition) is 2. The highest BCUT2D eigenvalue weighted by atomic mass is 35.5. The SMILES string of the molecule is CC(Nc1ccc(Cl)nn1)c1ncc[nH]1. The number of H-pyrrole nitrogens is 1. The largest absolute Gasteiger partial charge is 0.359 e. The molecule has 0 aliphatic heterocycles. The summed E-state index contributed by atoms with van der Waals surface area (Å²) in [7, 11) is 0. The fraction of sp³-hybridized carbons (Fsp3) is 0.222. The lowest BCUT2D eigenvalue weighted by Crippen LogP contribution is -2.09. The van der Waals surface area contributed by atoms with Crippen molar-refractivity contribution in [3.8, 4) is 0 Å². The van der Waals surface area contributed by atoms with Gasteiger partial charge in [0.1, 0.15) is 11.6 Å². The Bertz CT molecular complexity index is 411. The molecule has 0 spiro atoms. The lowest BCUT2D eigenvalue weighted by atomic mass is 10.3. The molecule has 0 aromatic carbocycles. The predicted octanol–water partition coefficient (Wildman–Crippen LogP) is 2.03. The van der Waals surface area contributed by atoms with Crippen LogP contribution in [0.4, 0.5) is 5.82 Å². The molecule has 6 heteroatoms. The summed E-state index contributed by atoms with van der Waals surface area (Å²) < 4.78 is 0. The first-order chi connectivity index (χ1) is 7.25. The van der Waals surface area contributed by atoms with Crippen LogP contribution < -0.4 is 5.32 Å². The van der Waals surface area contributed by atoms with E-state index in [0.29, 0.717) is 11.0 Å². The highest BCUT2D eigenvalue weighted by molar-refractivity contribution is 6.29. The first kappa shape index (κ1) is 9.92. The van der Waals surface area contributed by atoms with Gasteiger partial charge in [0.25, 0.3) is 0 Å². The van der Waals surface area contributed by atoms with Crippen LogP contribution >= 0.6 is 11.6 Å². The number of rotatable bonds is 3. The number of halogens is 1. The first-order valence-electron chi connectivity index (χ1n) is 4.51. The maximum absolute atomic E-state index is 5.63. The van der Waals surface area contributed by atoms with Crippen molar-refractivity contribution in [1.29, 1.82) is 0 Å². The van der Waals surface area contributed by atoms with Crippen LogP contribution in [0.2, 0.25) is 5.15 Å². The van der Waals surface area contributed by atoms with Crippen LogP contribution in [0, 0.1) is 0 Å². The summed E-state index contributed by atoms with van der Waals surface area (Å²) in [5, 5.41) is 11.2. The molecule has 2 aromatic rings. The number of hydrogen-bond acceptors (Lipinski definition) is 4. The third-order valence-corrected chi connectivity index (χ3v) is 2.13. The van der Waals surface area contributed by atoms with Crippen LogP contribution in [0.15, 0.2) is 24.5 Å². The highest BCUT2D eigenvalue weighted by Crippen LogP contribution is 2.14. The molecule has 0 radical (unpaired) electrons. The Labute approximate surface area is 91.9 Å². The molecule has 2 heterocycles. The van der Waals surface area contributed by atoms with Gasteiger partial charge >= 0.3 is 0 Å².